The van der Waals surface area contributed by atoms with E-state index in [0.29, 0.717) is 12.6 Å². The first kappa shape index (κ1) is 13.3. The van der Waals surface area contributed by atoms with Gasteiger partial charge in [-0.2, -0.15) is 0 Å². The lowest BCUT2D eigenvalue weighted by Gasteiger charge is -2.36. The van der Waals surface area contributed by atoms with E-state index in [0.717, 1.165) is 25.9 Å². The SMILES string of the molecule is NCC1c2ccccc2CCN1CCc1cccnc1. The quantitative estimate of drug-likeness (QED) is 0.923. The molecule has 0 saturated heterocycles. The van der Waals surface area contributed by atoms with Crippen molar-refractivity contribution in [2.45, 2.75) is 18.9 Å². The van der Waals surface area contributed by atoms with E-state index in [-0.39, 0.29) is 0 Å². The molecule has 2 N–H and O–H groups in total. The van der Waals surface area contributed by atoms with Crippen LogP contribution in [0.3, 0.4) is 0 Å². The van der Waals surface area contributed by atoms with E-state index < -0.39 is 0 Å². The summed E-state index contributed by atoms with van der Waals surface area (Å²) in [6.45, 7) is 2.82. The predicted octanol–water partition coefficient (Wildman–Crippen LogP) is 2.18. The topological polar surface area (TPSA) is 42.1 Å². The Labute approximate surface area is 120 Å². The summed E-state index contributed by atoms with van der Waals surface area (Å²) < 4.78 is 0. The van der Waals surface area contributed by atoms with Crippen molar-refractivity contribution < 1.29 is 0 Å². The second-order valence-corrected chi connectivity index (χ2v) is 5.35. The summed E-state index contributed by atoms with van der Waals surface area (Å²) in [6, 6.07) is 13.2. The molecule has 0 amide bonds. The molecule has 0 aliphatic carbocycles. The highest BCUT2D eigenvalue weighted by Crippen LogP contribution is 2.28. The van der Waals surface area contributed by atoms with Gasteiger partial charge in [0.25, 0.3) is 0 Å². The molecule has 104 valence electrons. The summed E-state index contributed by atoms with van der Waals surface area (Å²) in [5.74, 6) is 0. The van der Waals surface area contributed by atoms with Crippen molar-refractivity contribution in [1.82, 2.24) is 9.88 Å². The van der Waals surface area contributed by atoms with Gasteiger partial charge < -0.3 is 5.73 Å². The molecule has 3 rings (SSSR count). The largest absolute Gasteiger partial charge is 0.329 e. The molecular weight excluding hydrogens is 246 g/mol. The molecule has 1 aromatic carbocycles. The lowest BCUT2D eigenvalue weighted by Crippen LogP contribution is -2.40. The van der Waals surface area contributed by atoms with E-state index in [4.69, 9.17) is 5.73 Å². The fraction of sp³-hybridized carbons (Fsp3) is 0.353. The summed E-state index contributed by atoms with van der Waals surface area (Å²) in [6.07, 6.45) is 5.94. The standard InChI is InChI=1S/C17H21N3/c18-12-17-16-6-2-1-5-15(16)8-11-20(17)10-7-14-4-3-9-19-13-14/h1-6,9,13,17H,7-8,10-12,18H2. The van der Waals surface area contributed by atoms with Crippen molar-refractivity contribution in [3.05, 3.63) is 65.5 Å². The zero-order valence-electron chi connectivity index (χ0n) is 11.7. The number of hydrogen-bond acceptors (Lipinski definition) is 3. The van der Waals surface area contributed by atoms with Gasteiger partial charge in [-0.05, 0) is 35.6 Å². The van der Waals surface area contributed by atoms with Crippen LogP contribution < -0.4 is 5.73 Å². The Morgan fingerprint density at radius 2 is 2.10 bits per heavy atom. The second-order valence-electron chi connectivity index (χ2n) is 5.35. The first-order valence-corrected chi connectivity index (χ1v) is 7.29. The van der Waals surface area contributed by atoms with Gasteiger partial charge in [-0.25, -0.2) is 0 Å². The maximum absolute atomic E-state index is 6.02. The van der Waals surface area contributed by atoms with Crippen LogP contribution in [0.5, 0.6) is 0 Å². The fourth-order valence-corrected chi connectivity index (χ4v) is 3.07. The van der Waals surface area contributed by atoms with Crippen molar-refractivity contribution in [2.24, 2.45) is 5.73 Å². The van der Waals surface area contributed by atoms with Crippen LogP contribution in [0.1, 0.15) is 22.7 Å². The van der Waals surface area contributed by atoms with Crippen LogP contribution >= 0.6 is 0 Å². The van der Waals surface area contributed by atoms with Crippen molar-refractivity contribution in [3.8, 4) is 0 Å². The first-order chi connectivity index (χ1) is 9.88. The molecule has 3 heteroatoms. The number of rotatable bonds is 4. The Balaban J connectivity index is 1.71. The summed E-state index contributed by atoms with van der Waals surface area (Å²) >= 11 is 0. The van der Waals surface area contributed by atoms with Crippen LogP contribution in [-0.2, 0) is 12.8 Å². The molecule has 3 nitrogen and oxygen atoms in total. The maximum atomic E-state index is 6.02. The summed E-state index contributed by atoms with van der Waals surface area (Å²) in [5.41, 5.74) is 10.2. The average molecular weight is 267 g/mol. The van der Waals surface area contributed by atoms with Crippen molar-refractivity contribution in [1.29, 1.82) is 0 Å². The van der Waals surface area contributed by atoms with Gasteiger partial charge in [0.15, 0.2) is 0 Å². The van der Waals surface area contributed by atoms with Crippen LogP contribution in [-0.4, -0.2) is 29.5 Å². The Morgan fingerprint density at radius 1 is 1.20 bits per heavy atom. The fourth-order valence-electron chi connectivity index (χ4n) is 3.07. The van der Waals surface area contributed by atoms with Crippen LogP contribution in [0.15, 0.2) is 48.8 Å². The third kappa shape index (κ3) is 2.74. The van der Waals surface area contributed by atoms with Crippen molar-refractivity contribution in [2.75, 3.05) is 19.6 Å². The first-order valence-electron chi connectivity index (χ1n) is 7.29. The van der Waals surface area contributed by atoms with Gasteiger partial charge >= 0.3 is 0 Å². The predicted molar refractivity (Wildman–Crippen MR) is 81.5 cm³/mol. The van der Waals surface area contributed by atoms with Crippen LogP contribution in [0.2, 0.25) is 0 Å². The maximum Gasteiger partial charge on any atom is 0.0473 e. The Hall–Kier alpha value is -1.71. The van der Waals surface area contributed by atoms with Crippen molar-refractivity contribution in [3.63, 3.8) is 0 Å². The zero-order chi connectivity index (χ0) is 13.8. The minimum Gasteiger partial charge on any atom is -0.329 e. The molecule has 20 heavy (non-hydrogen) atoms. The second kappa shape index (κ2) is 6.16. The number of nitrogens with two attached hydrogens (primary N) is 1. The minimum atomic E-state index is 0.358. The third-order valence-corrected chi connectivity index (χ3v) is 4.16. The van der Waals surface area contributed by atoms with Gasteiger partial charge in [0.2, 0.25) is 0 Å². The van der Waals surface area contributed by atoms with E-state index >= 15 is 0 Å². The van der Waals surface area contributed by atoms with Gasteiger partial charge in [0.1, 0.15) is 0 Å². The number of nitrogens with zero attached hydrogens (tertiary/aromatic N) is 2. The summed E-state index contributed by atoms with van der Waals surface area (Å²) in [4.78, 5) is 6.69. The number of hydrogen-bond donors (Lipinski definition) is 1. The van der Waals surface area contributed by atoms with Crippen LogP contribution in [0.25, 0.3) is 0 Å². The molecule has 0 spiro atoms. The Morgan fingerprint density at radius 3 is 2.90 bits per heavy atom. The Kier molecular flexibility index (Phi) is 4.09. The van der Waals surface area contributed by atoms with Gasteiger partial charge in [-0.1, -0.05) is 30.3 Å². The minimum absolute atomic E-state index is 0.358. The van der Waals surface area contributed by atoms with E-state index in [9.17, 15) is 0 Å². The normalized spacial score (nSPS) is 18.8. The van der Waals surface area contributed by atoms with E-state index in [1.165, 1.54) is 16.7 Å². The van der Waals surface area contributed by atoms with Crippen molar-refractivity contribution >= 4 is 0 Å². The number of pyridine rings is 1. The van der Waals surface area contributed by atoms with E-state index in [2.05, 4.69) is 40.2 Å². The number of aromatic nitrogens is 1. The molecule has 0 saturated carbocycles. The smallest absolute Gasteiger partial charge is 0.0473 e. The lowest BCUT2D eigenvalue weighted by molar-refractivity contribution is 0.192. The third-order valence-electron chi connectivity index (χ3n) is 4.16. The summed E-state index contributed by atoms with van der Waals surface area (Å²) in [7, 11) is 0. The zero-order valence-corrected chi connectivity index (χ0v) is 11.7. The highest BCUT2D eigenvalue weighted by molar-refractivity contribution is 5.32. The molecule has 2 heterocycles. The molecule has 0 fully saturated rings. The van der Waals surface area contributed by atoms with Gasteiger partial charge in [-0.15, -0.1) is 0 Å². The van der Waals surface area contributed by atoms with E-state index in [1.54, 1.807) is 0 Å². The molecule has 1 aromatic heterocycles. The monoisotopic (exact) mass is 267 g/mol. The number of fused-ring (bicyclic) bond motifs is 1. The Bertz CT molecular complexity index is 553. The lowest BCUT2D eigenvalue weighted by atomic mass is 9.92. The molecule has 1 atom stereocenters. The van der Waals surface area contributed by atoms with Crippen LogP contribution in [0.4, 0.5) is 0 Å². The van der Waals surface area contributed by atoms with Gasteiger partial charge in [0, 0.05) is 38.1 Å². The molecule has 1 aliphatic heterocycles. The highest BCUT2D eigenvalue weighted by Gasteiger charge is 2.25. The molecular formula is C17H21N3. The van der Waals surface area contributed by atoms with E-state index in [1.807, 2.05) is 18.5 Å². The summed E-state index contributed by atoms with van der Waals surface area (Å²) in [5, 5.41) is 0. The van der Waals surface area contributed by atoms with Crippen LogP contribution in [0, 0.1) is 0 Å². The molecule has 0 bridgehead atoms. The number of benzene rings is 1. The molecule has 2 aromatic rings. The highest BCUT2D eigenvalue weighted by atomic mass is 15.2. The average Bonchev–Trinajstić information content (AvgIpc) is 2.53. The van der Waals surface area contributed by atoms with Gasteiger partial charge in [-0.3, -0.25) is 9.88 Å². The van der Waals surface area contributed by atoms with Gasteiger partial charge in [0.05, 0.1) is 0 Å². The molecule has 0 radical (unpaired) electrons. The molecule has 1 aliphatic rings. The molecule has 1 unspecified atom stereocenters.